The lowest BCUT2D eigenvalue weighted by Crippen LogP contribution is -2.37. The quantitative estimate of drug-likeness (QED) is 0.889. The Balaban J connectivity index is 2.02. The summed E-state index contributed by atoms with van der Waals surface area (Å²) in [7, 11) is 0. The van der Waals surface area contributed by atoms with Crippen molar-refractivity contribution >= 4 is 16.7 Å². The summed E-state index contributed by atoms with van der Waals surface area (Å²) in [6.45, 7) is 3.88. The fourth-order valence-corrected chi connectivity index (χ4v) is 2.61. The highest BCUT2D eigenvalue weighted by Crippen LogP contribution is 2.48. The normalized spacial score (nSPS) is 16.6. The van der Waals surface area contributed by atoms with Gasteiger partial charge in [-0.3, -0.25) is 4.79 Å². The van der Waals surface area contributed by atoms with Crippen molar-refractivity contribution in [3.8, 4) is 0 Å². The third-order valence-corrected chi connectivity index (χ3v) is 3.94. The van der Waals surface area contributed by atoms with E-state index < -0.39 is 0 Å². The van der Waals surface area contributed by atoms with Crippen molar-refractivity contribution in [2.75, 3.05) is 0 Å². The van der Waals surface area contributed by atoms with Crippen LogP contribution in [0.2, 0.25) is 0 Å². The number of hydrogen-bond acceptors (Lipinski definition) is 1. The molecule has 3 rings (SSSR count). The number of hydrogen-bond donors (Lipinski definition) is 1. The van der Waals surface area contributed by atoms with E-state index in [1.54, 1.807) is 0 Å². The Labute approximate surface area is 113 Å². The molecule has 0 spiro atoms. The van der Waals surface area contributed by atoms with Crippen LogP contribution in [0.1, 0.15) is 32.3 Å². The van der Waals surface area contributed by atoms with Crippen molar-refractivity contribution in [2.24, 2.45) is 5.92 Å². The minimum atomic E-state index is -0.123. The zero-order valence-corrected chi connectivity index (χ0v) is 11.4. The Morgan fingerprint density at radius 3 is 2.47 bits per heavy atom. The van der Waals surface area contributed by atoms with Crippen LogP contribution in [0.5, 0.6) is 0 Å². The van der Waals surface area contributed by atoms with Gasteiger partial charge >= 0.3 is 0 Å². The molecule has 0 bridgehead atoms. The van der Waals surface area contributed by atoms with E-state index in [0.29, 0.717) is 0 Å². The first-order chi connectivity index (χ1) is 9.12. The largest absolute Gasteiger partial charge is 0.346 e. The Hall–Kier alpha value is -1.83. The van der Waals surface area contributed by atoms with Gasteiger partial charge in [-0.25, -0.2) is 0 Å². The smallest absolute Gasteiger partial charge is 0.223 e. The Morgan fingerprint density at radius 2 is 1.79 bits per heavy atom. The van der Waals surface area contributed by atoms with Gasteiger partial charge in [0, 0.05) is 5.92 Å². The van der Waals surface area contributed by atoms with E-state index in [2.05, 4.69) is 47.8 Å². The van der Waals surface area contributed by atoms with E-state index in [4.69, 9.17) is 0 Å². The molecule has 2 aromatic carbocycles. The standard InChI is InChI=1S/C17H19NO/c1-12(2)16(19)18-17(10-11-17)15-9-5-7-13-6-3-4-8-14(13)15/h3-9,12H,10-11H2,1-2H3,(H,18,19). The van der Waals surface area contributed by atoms with Crippen LogP contribution >= 0.6 is 0 Å². The second-order valence-electron chi connectivity index (χ2n) is 5.75. The van der Waals surface area contributed by atoms with Crippen LogP contribution in [0.25, 0.3) is 10.8 Å². The van der Waals surface area contributed by atoms with Gasteiger partial charge in [0.05, 0.1) is 5.54 Å². The van der Waals surface area contributed by atoms with Gasteiger partial charge in [0.2, 0.25) is 5.91 Å². The van der Waals surface area contributed by atoms with Gasteiger partial charge in [-0.05, 0) is 29.2 Å². The number of carbonyl (C=O) groups excluding carboxylic acids is 1. The van der Waals surface area contributed by atoms with Crippen molar-refractivity contribution in [3.63, 3.8) is 0 Å². The summed E-state index contributed by atoms with van der Waals surface area (Å²) in [4.78, 5) is 12.0. The van der Waals surface area contributed by atoms with Crippen molar-refractivity contribution in [2.45, 2.75) is 32.2 Å². The van der Waals surface area contributed by atoms with E-state index in [1.165, 1.54) is 16.3 Å². The van der Waals surface area contributed by atoms with Crippen molar-refractivity contribution in [1.29, 1.82) is 0 Å². The zero-order valence-electron chi connectivity index (χ0n) is 11.4. The van der Waals surface area contributed by atoms with Crippen LogP contribution in [-0.4, -0.2) is 5.91 Å². The molecule has 1 aliphatic carbocycles. The van der Waals surface area contributed by atoms with Crippen LogP contribution in [0.4, 0.5) is 0 Å². The minimum absolute atomic E-state index is 0.0347. The van der Waals surface area contributed by atoms with Gasteiger partial charge in [0.15, 0.2) is 0 Å². The minimum Gasteiger partial charge on any atom is -0.346 e. The summed E-state index contributed by atoms with van der Waals surface area (Å²) < 4.78 is 0. The fraction of sp³-hybridized carbons (Fsp3) is 0.353. The summed E-state index contributed by atoms with van der Waals surface area (Å²) in [5.41, 5.74) is 1.14. The second-order valence-corrected chi connectivity index (χ2v) is 5.75. The van der Waals surface area contributed by atoms with E-state index in [9.17, 15) is 4.79 Å². The predicted octanol–water partition coefficient (Wildman–Crippen LogP) is 3.60. The van der Waals surface area contributed by atoms with Gasteiger partial charge < -0.3 is 5.32 Å². The second kappa shape index (κ2) is 4.37. The SMILES string of the molecule is CC(C)C(=O)NC1(c2cccc3ccccc23)CC1. The van der Waals surface area contributed by atoms with Gasteiger partial charge in [-0.15, -0.1) is 0 Å². The molecule has 2 heteroatoms. The van der Waals surface area contributed by atoms with Gasteiger partial charge in [0.1, 0.15) is 0 Å². The topological polar surface area (TPSA) is 29.1 Å². The van der Waals surface area contributed by atoms with Crippen LogP contribution in [-0.2, 0) is 10.3 Å². The molecule has 0 aromatic heterocycles. The first-order valence-electron chi connectivity index (χ1n) is 6.93. The number of rotatable bonds is 3. The highest BCUT2D eigenvalue weighted by atomic mass is 16.2. The Bertz CT molecular complexity index is 621. The van der Waals surface area contributed by atoms with Crippen LogP contribution < -0.4 is 5.32 Å². The van der Waals surface area contributed by atoms with E-state index in [-0.39, 0.29) is 17.4 Å². The van der Waals surface area contributed by atoms with Crippen LogP contribution in [0.3, 0.4) is 0 Å². The fourth-order valence-electron chi connectivity index (χ4n) is 2.61. The number of amides is 1. The van der Waals surface area contributed by atoms with Crippen molar-refractivity contribution in [1.82, 2.24) is 5.32 Å². The van der Waals surface area contributed by atoms with Crippen LogP contribution in [0.15, 0.2) is 42.5 Å². The average Bonchev–Trinajstić information content (AvgIpc) is 3.18. The summed E-state index contributed by atoms with van der Waals surface area (Å²) in [6.07, 6.45) is 2.08. The van der Waals surface area contributed by atoms with E-state index in [0.717, 1.165) is 12.8 Å². The first-order valence-corrected chi connectivity index (χ1v) is 6.93. The summed E-state index contributed by atoms with van der Waals surface area (Å²) in [5.74, 6) is 0.179. The highest BCUT2D eigenvalue weighted by molar-refractivity contribution is 5.88. The lowest BCUT2D eigenvalue weighted by atomic mass is 9.96. The molecule has 0 atom stereocenters. The summed E-state index contributed by atoms with van der Waals surface area (Å²) in [5, 5.41) is 5.73. The molecular weight excluding hydrogens is 234 g/mol. The average molecular weight is 253 g/mol. The molecule has 1 N–H and O–H groups in total. The number of fused-ring (bicyclic) bond motifs is 1. The maximum absolute atomic E-state index is 12.0. The molecule has 2 nitrogen and oxygen atoms in total. The number of carbonyl (C=O) groups is 1. The maximum atomic E-state index is 12.0. The molecule has 98 valence electrons. The van der Waals surface area contributed by atoms with E-state index >= 15 is 0 Å². The molecule has 0 radical (unpaired) electrons. The highest BCUT2D eigenvalue weighted by Gasteiger charge is 2.46. The summed E-state index contributed by atoms with van der Waals surface area (Å²) in [6, 6.07) is 14.7. The van der Waals surface area contributed by atoms with E-state index in [1.807, 2.05) is 13.8 Å². The van der Waals surface area contributed by atoms with Crippen LogP contribution in [0, 0.1) is 5.92 Å². The van der Waals surface area contributed by atoms with Crippen molar-refractivity contribution in [3.05, 3.63) is 48.0 Å². The van der Waals surface area contributed by atoms with Gasteiger partial charge in [-0.1, -0.05) is 56.3 Å². The molecule has 0 saturated heterocycles. The van der Waals surface area contributed by atoms with Crippen molar-refractivity contribution < 1.29 is 4.79 Å². The lowest BCUT2D eigenvalue weighted by molar-refractivity contribution is -0.125. The molecule has 0 aliphatic heterocycles. The third-order valence-electron chi connectivity index (χ3n) is 3.94. The summed E-state index contributed by atoms with van der Waals surface area (Å²) >= 11 is 0. The monoisotopic (exact) mass is 253 g/mol. The molecule has 1 fully saturated rings. The van der Waals surface area contributed by atoms with Gasteiger partial charge in [-0.2, -0.15) is 0 Å². The molecular formula is C17H19NO. The predicted molar refractivity (Wildman–Crippen MR) is 77.8 cm³/mol. The van der Waals surface area contributed by atoms with Gasteiger partial charge in [0.25, 0.3) is 0 Å². The molecule has 1 amide bonds. The third kappa shape index (κ3) is 2.12. The molecule has 2 aromatic rings. The first kappa shape index (κ1) is 12.2. The number of benzene rings is 2. The molecule has 19 heavy (non-hydrogen) atoms. The molecule has 0 unspecified atom stereocenters. The zero-order chi connectivity index (χ0) is 13.5. The Morgan fingerprint density at radius 1 is 1.11 bits per heavy atom. The maximum Gasteiger partial charge on any atom is 0.223 e. The molecule has 1 aliphatic rings. The lowest BCUT2D eigenvalue weighted by Gasteiger charge is -2.21. The Kier molecular flexibility index (Phi) is 2.81. The molecule has 0 heterocycles. The number of nitrogens with one attached hydrogen (secondary N) is 1. The molecule has 1 saturated carbocycles.